The van der Waals surface area contributed by atoms with Gasteiger partial charge in [-0.3, -0.25) is 9.36 Å². The van der Waals surface area contributed by atoms with Crippen molar-refractivity contribution >= 4 is 17.7 Å². The Labute approximate surface area is 152 Å². The number of ether oxygens (including phenoxy) is 1. The van der Waals surface area contributed by atoms with Crippen LogP contribution in [0.2, 0.25) is 0 Å². The number of aromatic nitrogens is 3. The Morgan fingerprint density at radius 1 is 1.36 bits per heavy atom. The average molecular weight is 369 g/mol. The third-order valence-corrected chi connectivity index (χ3v) is 6.35. The first-order chi connectivity index (χ1) is 12.0. The number of rotatable bonds is 6. The van der Waals surface area contributed by atoms with E-state index in [-0.39, 0.29) is 17.7 Å². The molecule has 1 saturated carbocycles. The molecule has 0 bridgehead atoms. The van der Waals surface area contributed by atoms with Gasteiger partial charge in [-0.1, -0.05) is 18.7 Å². The Bertz CT molecular complexity index is 630. The summed E-state index contributed by atoms with van der Waals surface area (Å²) in [6.07, 6.45) is 6.61. The lowest BCUT2D eigenvalue weighted by molar-refractivity contribution is -0.129. The van der Waals surface area contributed by atoms with E-state index < -0.39 is 0 Å². The van der Waals surface area contributed by atoms with Crippen molar-refractivity contribution < 1.29 is 9.53 Å². The first-order valence-electron chi connectivity index (χ1n) is 9.20. The van der Waals surface area contributed by atoms with E-state index in [9.17, 15) is 9.59 Å². The average Bonchev–Trinajstić information content (AvgIpc) is 3.24. The molecule has 140 valence electrons. The molecule has 1 aliphatic carbocycles. The molecule has 1 atom stereocenters. The zero-order valence-electron chi connectivity index (χ0n) is 15.1. The number of hydrogen-bond donors (Lipinski definition) is 1. The minimum atomic E-state index is -0.236. The second-order valence-electron chi connectivity index (χ2n) is 7.26. The quantitative estimate of drug-likeness (QED) is 0.776. The van der Waals surface area contributed by atoms with Gasteiger partial charge in [0.05, 0.1) is 18.4 Å². The van der Waals surface area contributed by atoms with E-state index in [0.29, 0.717) is 23.5 Å². The van der Waals surface area contributed by atoms with Gasteiger partial charge in [-0.2, -0.15) is 0 Å². The first kappa shape index (κ1) is 18.5. The van der Waals surface area contributed by atoms with Gasteiger partial charge in [0.25, 0.3) is 0 Å². The summed E-state index contributed by atoms with van der Waals surface area (Å²) in [5.74, 6) is 1.17. The van der Waals surface area contributed by atoms with Gasteiger partial charge in [-0.25, -0.2) is 9.89 Å². The lowest BCUT2D eigenvalue weighted by Crippen LogP contribution is -2.40. The number of nitrogens with zero attached hydrogens (tertiary/aromatic N) is 3. The van der Waals surface area contributed by atoms with Crippen molar-refractivity contribution in [1.29, 1.82) is 0 Å². The predicted octanol–water partition coefficient (Wildman–Crippen LogP) is 1.88. The molecule has 1 aromatic rings. The summed E-state index contributed by atoms with van der Waals surface area (Å²) in [7, 11) is 1.90. The second kappa shape index (κ2) is 8.40. The van der Waals surface area contributed by atoms with Gasteiger partial charge in [0.2, 0.25) is 5.91 Å². The molecule has 3 rings (SSSR count). The second-order valence-corrected chi connectivity index (χ2v) is 8.21. The van der Waals surface area contributed by atoms with Crippen LogP contribution in [-0.2, 0) is 16.1 Å². The van der Waals surface area contributed by atoms with E-state index in [0.717, 1.165) is 38.2 Å². The Morgan fingerprint density at radius 2 is 2.12 bits per heavy atom. The van der Waals surface area contributed by atoms with Crippen LogP contribution in [0.4, 0.5) is 0 Å². The maximum atomic E-state index is 12.5. The molecule has 1 aliphatic heterocycles. The molecule has 1 amide bonds. The first-order valence-corrected chi connectivity index (χ1v) is 10.2. The number of amides is 1. The molecule has 1 unspecified atom stereocenters. The van der Waals surface area contributed by atoms with E-state index in [2.05, 4.69) is 17.1 Å². The van der Waals surface area contributed by atoms with E-state index >= 15 is 0 Å². The zero-order valence-corrected chi connectivity index (χ0v) is 15.9. The van der Waals surface area contributed by atoms with Crippen molar-refractivity contribution in [2.24, 2.45) is 5.92 Å². The third kappa shape index (κ3) is 4.67. The fraction of sp³-hybridized carbons (Fsp3) is 0.824. The Morgan fingerprint density at radius 3 is 2.80 bits per heavy atom. The Hall–Kier alpha value is -1.28. The Kier molecular flexibility index (Phi) is 6.22. The summed E-state index contributed by atoms with van der Waals surface area (Å²) in [6.45, 7) is 3.53. The molecule has 2 fully saturated rings. The molecule has 0 spiro atoms. The molecular formula is C17H28N4O3S. The van der Waals surface area contributed by atoms with Crippen LogP contribution in [0.15, 0.2) is 9.95 Å². The van der Waals surface area contributed by atoms with Crippen molar-refractivity contribution in [1.82, 2.24) is 19.7 Å². The summed E-state index contributed by atoms with van der Waals surface area (Å²) >= 11 is 1.33. The van der Waals surface area contributed by atoms with Crippen LogP contribution in [0.3, 0.4) is 0 Å². The highest BCUT2D eigenvalue weighted by molar-refractivity contribution is 7.99. The molecule has 25 heavy (non-hydrogen) atoms. The van der Waals surface area contributed by atoms with Gasteiger partial charge in [0.1, 0.15) is 0 Å². The topological polar surface area (TPSA) is 80.2 Å². The molecule has 7 nitrogen and oxygen atoms in total. The largest absolute Gasteiger partial charge is 0.376 e. The van der Waals surface area contributed by atoms with Gasteiger partial charge in [-0.15, -0.1) is 5.10 Å². The molecule has 2 heterocycles. The summed E-state index contributed by atoms with van der Waals surface area (Å²) in [5.41, 5.74) is -0.236. The van der Waals surface area contributed by atoms with Crippen LogP contribution < -0.4 is 5.69 Å². The maximum absolute atomic E-state index is 12.5. The van der Waals surface area contributed by atoms with Crippen LogP contribution in [0.1, 0.15) is 45.4 Å². The van der Waals surface area contributed by atoms with E-state index in [1.54, 1.807) is 4.57 Å². The van der Waals surface area contributed by atoms with E-state index in [1.165, 1.54) is 24.6 Å². The third-order valence-electron chi connectivity index (χ3n) is 5.38. The number of H-pyrrole nitrogens is 1. The summed E-state index contributed by atoms with van der Waals surface area (Å²) in [5, 5.41) is 7.13. The van der Waals surface area contributed by atoms with Crippen molar-refractivity contribution in [2.75, 3.05) is 19.4 Å². The van der Waals surface area contributed by atoms with Crippen molar-refractivity contribution in [3.8, 4) is 0 Å². The number of carbonyl (C=O) groups is 1. The monoisotopic (exact) mass is 368 g/mol. The lowest BCUT2D eigenvalue weighted by Gasteiger charge is -2.33. The standard InChI is InChI=1S/C17H28N4O3S/c1-12-5-7-13(8-6-12)20(2)15(22)11-25-17-19-18-16(23)21(17)10-14-4-3-9-24-14/h12-14H,3-11H2,1-2H3,(H,18,23). The highest BCUT2D eigenvalue weighted by atomic mass is 32.2. The minimum Gasteiger partial charge on any atom is -0.376 e. The summed E-state index contributed by atoms with van der Waals surface area (Å²) in [4.78, 5) is 26.4. The van der Waals surface area contributed by atoms with Crippen LogP contribution in [0.25, 0.3) is 0 Å². The minimum absolute atomic E-state index is 0.0669. The Balaban J connectivity index is 1.54. The number of nitrogens with one attached hydrogen (secondary N) is 1. The van der Waals surface area contributed by atoms with Crippen LogP contribution in [-0.4, -0.2) is 57.1 Å². The highest BCUT2D eigenvalue weighted by Gasteiger charge is 2.25. The number of carbonyl (C=O) groups excluding carboxylic acids is 1. The van der Waals surface area contributed by atoms with Crippen molar-refractivity contribution in [3.05, 3.63) is 10.5 Å². The van der Waals surface area contributed by atoms with Crippen LogP contribution in [0.5, 0.6) is 0 Å². The fourth-order valence-electron chi connectivity index (χ4n) is 3.63. The number of thioether (sulfide) groups is 1. The maximum Gasteiger partial charge on any atom is 0.344 e. The number of aromatic amines is 1. The summed E-state index contributed by atoms with van der Waals surface area (Å²) < 4.78 is 7.20. The smallest absolute Gasteiger partial charge is 0.344 e. The van der Waals surface area contributed by atoms with Gasteiger partial charge in [0, 0.05) is 19.7 Å². The van der Waals surface area contributed by atoms with Gasteiger partial charge in [0.15, 0.2) is 5.16 Å². The molecule has 0 aromatic carbocycles. The normalized spacial score (nSPS) is 26.7. The van der Waals surface area contributed by atoms with Crippen molar-refractivity contribution in [2.45, 2.75) is 69.3 Å². The van der Waals surface area contributed by atoms with Crippen LogP contribution in [0, 0.1) is 5.92 Å². The lowest BCUT2D eigenvalue weighted by atomic mass is 9.87. The van der Waals surface area contributed by atoms with Gasteiger partial charge < -0.3 is 9.64 Å². The predicted molar refractivity (Wildman–Crippen MR) is 96.7 cm³/mol. The van der Waals surface area contributed by atoms with Gasteiger partial charge >= 0.3 is 5.69 Å². The summed E-state index contributed by atoms with van der Waals surface area (Å²) in [6, 6.07) is 0.345. The number of hydrogen-bond acceptors (Lipinski definition) is 5. The highest BCUT2D eigenvalue weighted by Crippen LogP contribution is 2.27. The van der Waals surface area contributed by atoms with Gasteiger partial charge in [-0.05, 0) is 44.4 Å². The van der Waals surface area contributed by atoms with E-state index in [1.807, 2.05) is 11.9 Å². The molecule has 1 aromatic heterocycles. The SMILES string of the molecule is CC1CCC(N(C)C(=O)CSc2n[nH]c(=O)n2CC2CCCO2)CC1. The molecule has 1 N–H and O–H groups in total. The molecular weight excluding hydrogens is 340 g/mol. The van der Waals surface area contributed by atoms with Crippen LogP contribution >= 0.6 is 11.8 Å². The zero-order chi connectivity index (χ0) is 17.8. The molecule has 8 heteroatoms. The van der Waals surface area contributed by atoms with E-state index in [4.69, 9.17) is 4.74 Å². The van der Waals surface area contributed by atoms with Crippen molar-refractivity contribution in [3.63, 3.8) is 0 Å². The molecule has 1 saturated heterocycles. The molecule has 0 radical (unpaired) electrons. The fourth-order valence-corrected chi connectivity index (χ4v) is 4.51. The molecule has 2 aliphatic rings.